The third-order valence-corrected chi connectivity index (χ3v) is 4.25. The van der Waals surface area contributed by atoms with Gasteiger partial charge in [0.2, 0.25) is 0 Å². The first kappa shape index (κ1) is 16.9. The molecule has 0 aromatic rings. The van der Waals surface area contributed by atoms with Crippen molar-refractivity contribution >= 4 is 7.60 Å². The maximum Gasteiger partial charge on any atom is 0.353 e. The SMILES string of the molecule is CCCCCC(C)/C=C/P(=O)(OCC)OCC. The summed E-state index contributed by atoms with van der Waals surface area (Å²) in [5.74, 6) is 2.05. The molecular weight excluding hydrogens is 235 g/mol. The highest BCUT2D eigenvalue weighted by Crippen LogP contribution is 2.49. The molecule has 0 heterocycles. The second-order valence-corrected chi connectivity index (χ2v) is 6.08. The largest absolute Gasteiger partial charge is 0.353 e. The van der Waals surface area contributed by atoms with Gasteiger partial charge in [-0.2, -0.15) is 0 Å². The van der Waals surface area contributed by atoms with Gasteiger partial charge in [0.25, 0.3) is 0 Å². The number of allylic oxidation sites excluding steroid dienone is 1. The van der Waals surface area contributed by atoms with Crippen LogP contribution in [0.1, 0.15) is 53.4 Å². The highest BCUT2D eigenvalue weighted by atomic mass is 31.2. The van der Waals surface area contributed by atoms with Crippen molar-refractivity contribution in [3.8, 4) is 0 Å². The minimum Gasteiger partial charge on any atom is -0.306 e. The molecule has 0 aliphatic heterocycles. The minimum atomic E-state index is -2.99. The molecule has 102 valence electrons. The third-order valence-electron chi connectivity index (χ3n) is 2.48. The summed E-state index contributed by atoms with van der Waals surface area (Å²) < 4.78 is 22.5. The Morgan fingerprint density at radius 1 is 1.12 bits per heavy atom. The van der Waals surface area contributed by atoms with Crippen LogP contribution in [0.2, 0.25) is 0 Å². The zero-order valence-electron chi connectivity index (χ0n) is 11.6. The first-order valence-electron chi connectivity index (χ1n) is 6.66. The van der Waals surface area contributed by atoms with Crippen LogP contribution in [-0.4, -0.2) is 13.2 Å². The van der Waals surface area contributed by atoms with Crippen LogP contribution in [0.4, 0.5) is 0 Å². The van der Waals surface area contributed by atoms with Gasteiger partial charge < -0.3 is 9.05 Å². The van der Waals surface area contributed by atoms with Gasteiger partial charge in [0, 0.05) is 5.82 Å². The molecule has 0 N–H and O–H groups in total. The van der Waals surface area contributed by atoms with Crippen LogP contribution in [-0.2, 0) is 13.6 Å². The first-order valence-corrected chi connectivity index (χ1v) is 8.27. The van der Waals surface area contributed by atoms with E-state index < -0.39 is 7.60 Å². The molecule has 3 nitrogen and oxygen atoms in total. The van der Waals surface area contributed by atoms with Gasteiger partial charge in [-0.05, 0) is 26.2 Å². The van der Waals surface area contributed by atoms with Gasteiger partial charge in [-0.3, -0.25) is 4.57 Å². The number of hydrogen-bond acceptors (Lipinski definition) is 3. The van der Waals surface area contributed by atoms with Gasteiger partial charge in [0.1, 0.15) is 0 Å². The average molecular weight is 262 g/mol. The van der Waals surface area contributed by atoms with E-state index in [0.29, 0.717) is 19.1 Å². The van der Waals surface area contributed by atoms with Gasteiger partial charge in [0.05, 0.1) is 13.2 Å². The van der Waals surface area contributed by atoms with E-state index >= 15 is 0 Å². The van der Waals surface area contributed by atoms with Gasteiger partial charge in [-0.1, -0.05) is 39.2 Å². The van der Waals surface area contributed by atoms with Crippen LogP contribution >= 0.6 is 7.60 Å². The predicted molar refractivity (Wildman–Crippen MR) is 73.3 cm³/mol. The van der Waals surface area contributed by atoms with Crippen molar-refractivity contribution in [2.75, 3.05) is 13.2 Å². The zero-order chi connectivity index (χ0) is 13.1. The van der Waals surface area contributed by atoms with Crippen LogP contribution in [0.15, 0.2) is 11.9 Å². The molecule has 0 rings (SSSR count). The lowest BCUT2D eigenvalue weighted by molar-refractivity contribution is 0.228. The third kappa shape index (κ3) is 8.59. The number of rotatable bonds is 10. The molecule has 0 aliphatic rings. The van der Waals surface area contributed by atoms with Crippen LogP contribution in [0.5, 0.6) is 0 Å². The van der Waals surface area contributed by atoms with Crippen molar-refractivity contribution in [3.05, 3.63) is 11.9 Å². The average Bonchev–Trinajstić information content (AvgIpc) is 2.28. The lowest BCUT2D eigenvalue weighted by Gasteiger charge is -2.13. The molecule has 17 heavy (non-hydrogen) atoms. The zero-order valence-corrected chi connectivity index (χ0v) is 12.5. The van der Waals surface area contributed by atoms with Crippen molar-refractivity contribution in [2.24, 2.45) is 5.92 Å². The van der Waals surface area contributed by atoms with Gasteiger partial charge >= 0.3 is 7.60 Å². The fourth-order valence-corrected chi connectivity index (χ4v) is 3.02. The summed E-state index contributed by atoms with van der Waals surface area (Å²) in [6.45, 7) is 8.79. The van der Waals surface area contributed by atoms with Crippen LogP contribution in [0.3, 0.4) is 0 Å². The van der Waals surface area contributed by atoms with Gasteiger partial charge in [-0.25, -0.2) is 0 Å². The van der Waals surface area contributed by atoms with Crippen LogP contribution in [0, 0.1) is 5.92 Å². The molecule has 0 aromatic carbocycles. The van der Waals surface area contributed by atoms with Crippen molar-refractivity contribution in [1.82, 2.24) is 0 Å². The summed E-state index contributed by atoms with van der Waals surface area (Å²) in [7, 11) is -2.99. The maximum absolute atomic E-state index is 12.1. The standard InChI is InChI=1S/C13H27O3P/c1-5-8-9-10-13(4)11-12-17(14,15-6-2)16-7-3/h11-13H,5-10H2,1-4H3/b12-11+. The fraction of sp³-hybridized carbons (Fsp3) is 0.846. The van der Waals surface area contributed by atoms with E-state index in [-0.39, 0.29) is 0 Å². The molecule has 0 fully saturated rings. The fourth-order valence-electron chi connectivity index (χ4n) is 1.55. The molecule has 0 amide bonds. The summed E-state index contributed by atoms with van der Waals surface area (Å²) in [6, 6.07) is 0. The molecule has 0 saturated carbocycles. The lowest BCUT2D eigenvalue weighted by atomic mass is 10.0. The molecule has 1 unspecified atom stereocenters. The Morgan fingerprint density at radius 2 is 1.71 bits per heavy atom. The van der Waals surface area contributed by atoms with E-state index in [1.54, 1.807) is 5.82 Å². The molecule has 0 aliphatic carbocycles. The second kappa shape index (κ2) is 9.87. The Kier molecular flexibility index (Phi) is 9.81. The maximum atomic E-state index is 12.1. The van der Waals surface area contributed by atoms with Gasteiger partial charge in [-0.15, -0.1) is 0 Å². The van der Waals surface area contributed by atoms with Crippen molar-refractivity contribution in [3.63, 3.8) is 0 Å². The predicted octanol–water partition coefficient (Wildman–Crippen LogP) is 4.98. The highest BCUT2D eigenvalue weighted by Gasteiger charge is 2.18. The van der Waals surface area contributed by atoms with Crippen LogP contribution < -0.4 is 0 Å². The number of unbranched alkanes of at least 4 members (excludes halogenated alkanes) is 2. The minimum absolute atomic E-state index is 0.409. The van der Waals surface area contributed by atoms with Crippen molar-refractivity contribution in [1.29, 1.82) is 0 Å². The van der Waals surface area contributed by atoms with E-state index in [4.69, 9.17) is 9.05 Å². The first-order chi connectivity index (χ1) is 8.08. The van der Waals surface area contributed by atoms with E-state index in [0.717, 1.165) is 6.42 Å². The Labute approximate surface area is 106 Å². The molecule has 0 spiro atoms. The molecular formula is C13H27O3P. The van der Waals surface area contributed by atoms with Gasteiger partial charge in [0.15, 0.2) is 0 Å². The summed E-state index contributed by atoms with van der Waals surface area (Å²) in [6.07, 6.45) is 6.79. The topological polar surface area (TPSA) is 35.5 Å². The molecule has 4 heteroatoms. The highest BCUT2D eigenvalue weighted by molar-refractivity contribution is 7.57. The normalized spacial score (nSPS) is 14.4. The Balaban J connectivity index is 4.18. The molecule has 0 saturated heterocycles. The van der Waals surface area contributed by atoms with Crippen molar-refractivity contribution in [2.45, 2.75) is 53.4 Å². The van der Waals surface area contributed by atoms with E-state index in [1.807, 2.05) is 19.9 Å². The molecule has 0 radical (unpaired) electrons. The van der Waals surface area contributed by atoms with Crippen LogP contribution in [0.25, 0.3) is 0 Å². The smallest absolute Gasteiger partial charge is 0.306 e. The molecule has 0 aromatic heterocycles. The van der Waals surface area contributed by atoms with E-state index in [1.165, 1.54) is 19.3 Å². The molecule has 1 atom stereocenters. The summed E-state index contributed by atoms with van der Waals surface area (Å²) >= 11 is 0. The Morgan fingerprint density at radius 3 is 2.18 bits per heavy atom. The summed E-state index contributed by atoms with van der Waals surface area (Å²) in [4.78, 5) is 0. The summed E-state index contributed by atoms with van der Waals surface area (Å²) in [5, 5.41) is 0. The Bertz CT molecular complexity index is 241. The van der Waals surface area contributed by atoms with E-state index in [9.17, 15) is 4.57 Å². The summed E-state index contributed by atoms with van der Waals surface area (Å²) in [5.41, 5.74) is 0. The van der Waals surface area contributed by atoms with Crippen molar-refractivity contribution < 1.29 is 13.6 Å². The quantitative estimate of drug-likeness (QED) is 0.411. The van der Waals surface area contributed by atoms with E-state index in [2.05, 4.69) is 13.8 Å². The monoisotopic (exact) mass is 262 g/mol. The molecule has 0 bridgehead atoms. The lowest BCUT2D eigenvalue weighted by Crippen LogP contribution is -1.95. The second-order valence-electron chi connectivity index (χ2n) is 4.19. The number of hydrogen-bond donors (Lipinski definition) is 0. The Hall–Kier alpha value is -0.110.